The van der Waals surface area contributed by atoms with Gasteiger partial charge < -0.3 is 19.5 Å². The number of hydrogen-bond acceptors (Lipinski definition) is 7. The highest BCUT2D eigenvalue weighted by Crippen LogP contribution is 2.28. The van der Waals surface area contributed by atoms with E-state index >= 15 is 0 Å². The molecule has 0 aliphatic carbocycles. The lowest BCUT2D eigenvalue weighted by molar-refractivity contribution is 0.353. The zero-order valence-corrected chi connectivity index (χ0v) is 18.7. The summed E-state index contributed by atoms with van der Waals surface area (Å²) in [4.78, 5) is 27.1. The smallest absolute Gasteiger partial charge is 0.332 e. The average molecular weight is 450 g/mol. The molecule has 1 aromatic heterocycles. The summed E-state index contributed by atoms with van der Waals surface area (Å²) in [6.07, 6.45) is 1.58. The van der Waals surface area contributed by atoms with Crippen LogP contribution in [0.25, 0.3) is 10.9 Å². The van der Waals surface area contributed by atoms with E-state index in [2.05, 4.69) is 5.32 Å². The van der Waals surface area contributed by atoms with Crippen LogP contribution in [0.5, 0.6) is 17.2 Å². The normalized spacial score (nSPS) is 14.1. The van der Waals surface area contributed by atoms with E-state index < -0.39 is 5.56 Å². The second-order valence-electron chi connectivity index (χ2n) is 7.84. The number of rotatable bonds is 7. The second-order valence-corrected chi connectivity index (χ2v) is 7.84. The van der Waals surface area contributed by atoms with Crippen LogP contribution >= 0.6 is 0 Å². The Bertz CT molecular complexity index is 1320. The molecule has 0 unspecified atom stereocenters. The standard InChI is InChI=1S/C24H26N4O5/c1-31-21-6-3-16(13-22(21)32-2)15-27-23(29)19-14-18(33-12-9-25)4-5-20(19)28(24(27)30)17-7-10-26-11-8-17/h3-6,13-14,17,26H,7-8,10-12,15H2,1-2H3. The first kappa shape index (κ1) is 22.4. The average Bonchev–Trinajstić information content (AvgIpc) is 2.86. The van der Waals surface area contributed by atoms with Crippen molar-refractivity contribution in [2.24, 2.45) is 0 Å². The van der Waals surface area contributed by atoms with E-state index in [0.29, 0.717) is 28.2 Å². The van der Waals surface area contributed by atoms with Gasteiger partial charge in [-0.25, -0.2) is 4.79 Å². The van der Waals surface area contributed by atoms with Gasteiger partial charge in [-0.2, -0.15) is 5.26 Å². The first-order chi connectivity index (χ1) is 16.1. The molecule has 9 nitrogen and oxygen atoms in total. The fourth-order valence-corrected chi connectivity index (χ4v) is 4.29. The number of nitrogens with one attached hydrogen (secondary N) is 1. The first-order valence-electron chi connectivity index (χ1n) is 10.8. The molecule has 2 heterocycles. The Hall–Kier alpha value is -3.77. The molecule has 0 radical (unpaired) electrons. The lowest BCUT2D eigenvalue weighted by atomic mass is 10.1. The van der Waals surface area contributed by atoms with Crippen LogP contribution in [0.15, 0.2) is 46.0 Å². The van der Waals surface area contributed by atoms with Gasteiger partial charge in [-0.1, -0.05) is 6.07 Å². The second kappa shape index (κ2) is 9.79. The SMILES string of the molecule is COc1ccc(Cn2c(=O)c3cc(OCC#N)ccc3n(C3CCNCC3)c2=O)cc1OC. The van der Waals surface area contributed by atoms with Crippen LogP contribution in [0.4, 0.5) is 0 Å². The zero-order valence-electron chi connectivity index (χ0n) is 18.7. The van der Waals surface area contributed by atoms with Gasteiger partial charge >= 0.3 is 5.69 Å². The van der Waals surface area contributed by atoms with Crippen LogP contribution in [-0.4, -0.2) is 43.1 Å². The molecule has 1 aliphatic rings. The maximum atomic E-state index is 13.6. The Balaban J connectivity index is 1.88. The van der Waals surface area contributed by atoms with Gasteiger partial charge in [0.15, 0.2) is 18.1 Å². The van der Waals surface area contributed by atoms with Crippen LogP contribution in [0.3, 0.4) is 0 Å². The van der Waals surface area contributed by atoms with Crippen molar-refractivity contribution < 1.29 is 14.2 Å². The number of ether oxygens (including phenoxy) is 3. The molecule has 1 N–H and O–H groups in total. The van der Waals surface area contributed by atoms with E-state index in [9.17, 15) is 9.59 Å². The first-order valence-corrected chi connectivity index (χ1v) is 10.8. The highest BCUT2D eigenvalue weighted by Gasteiger charge is 2.22. The predicted octanol–water partition coefficient (Wildman–Crippen LogP) is 2.06. The summed E-state index contributed by atoms with van der Waals surface area (Å²) in [5, 5.41) is 12.5. The summed E-state index contributed by atoms with van der Waals surface area (Å²) >= 11 is 0. The molecule has 0 bridgehead atoms. The van der Waals surface area contributed by atoms with Gasteiger partial charge in [-0.05, 0) is 61.8 Å². The number of benzene rings is 2. The van der Waals surface area contributed by atoms with E-state index in [0.717, 1.165) is 31.5 Å². The number of hydrogen-bond donors (Lipinski definition) is 1. The number of piperidine rings is 1. The largest absolute Gasteiger partial charge is 0.493 e. The molecule has 1 saturated heterocycles. The lowest BCUT2D eigenvalue weighted by Gasteiger charge is -2.27. The highest BCUT2D eigenvalue weighted by atomic mass is 16.5. The van der Waals surface area contributed by atoms with Gasteiger partial charge in [-0.15, -0.1) is 0 Å². The third-order valence-corrected chi connectivity index (χ3v) is 5.91. The molecule has 0 atom stereocenters. The molecule has 0 saturated carbocycles. The molecule has 2 aromatic carbocycles. The van der Waals surface area contributed by atoms with Crippen molar-refractivity contribution in [3.05, 3.63) is 62.8 Å². The monoisotopic (exact) mass is 450 g/mol. The van der Waals surface area contributed by atoms with Crippen molar-refractivity contribution in [2.45, 2.75) is 25.4 Å². The van der Waals surface area contributed by atoms with Crippen LogP contribution < -0.4 is 30.8 Å². The maximum Gasteiger partial charge on any atom is 0.332 e. The molecule has 172 valence electrons. The van der Waals surface area contributed by atoms with E-state index in [4.69, 9.17) is 19.5 Å². The Morgan fingerprint density at radius 1 is 1.06 bits per heavy atom. The van der Waals surface area contributed by atoms with Gasteiger partial charge in [0.1, 0.15) is 11.8 Å². The highest BCUT2D eigenvalue weighted by molar-refractivity contribution is 5.80. The van der Waals surface area contributed by atoms with Crippen LogP contribution in [0, 0.1) is 11.3 Å². The summed E-state index contributed by atoms with van der Waals surface area (Å²) in [5.41, 5.74) is 0.557. The molecule has 0 amide bonds. The number of nitrogens with zero attached hydrogens (tertiary/aromatic N) is 3. The molecular formula is C24H26N4O5. The maximum absolute atomic E-state index is 13.6. The molecule has 1 aliphatic heterocycles. The molecule has 33 heavy (non-hydrogen) atoms. The van der Waals surface area contributed by atoms with E-state index in [1.165, 1.54) is 11.7 Å². The number of fused-ring (bicyclic) bond motifs is 1. The minimum atomic E-state index is -0.405. The van der Waals surface area contributed by atoms with Gasteiger partial charge in [0, 0.05) is 6.04 Å². The summed E-state index contributed by atoms with van der Waals surface area (Å²) in [7, 11) is 3.09. The minimum Gasteiger partial charge on any atom is -0.493 e. The molecule has 9 heteroatoms. The Morgan fingerprint density at radius 3 is 2.52 bits per heavy atom. The summed E-state index contributed by atoms with van der Waals surface area (Å²) in [5.74, 6) is 1.50. The quantitative estimate of drug-likeness (QED) is 0.587. The van der Waals surface area contributed by atoms with Crippen LogP contribution in [0.2, 0.25) is 0 Å². The fraction of sp³-hybridized carbons (Fsp3) is 0.375. The molecule has 1 fully saturated rings. The van der Waals surface area contributed by atoms with Crippen molar-refractivity contribution in [3.8, 4) is 23.3 Å². The number of methoxy groups -OCH3 is 2. The molecule has 0 spiro atoms. The Morgan fingerprint density at radius 2 is 1.82 bits per heavy atom. The van der Waals surface area contributed by atoms with Crippen LogP contribution in [-0.2, 0) is 6.54 Å². The topological polar surface area (TPSA) is 108 Å². The number of nitriles is 1. The fourth-order valence-electron chi connectivity index (χ4n) is 4.29. The van der Waals surface area contributed by atoms with Crippen molar-refractivity contribution in [2.75, 3.05) is 33.9 Å². The molecule has 3 aromatic rings. The van der Waals surface area contributed by atoms with E-state index in [1.807, 2.05) is 6.07 Å². The number of aromatic nitrogens is 2. The van der Waals surface area contributed by atoms with Crippen molar-refractivity contribution in [3.63, 3.8) is 0 Å². The lowest BCUT2D eigenvalue weighted by Crippen LogP contribution is -2.43. The Labute approximate surface area is 190 Å². The van der Waals surface area contributed by atoms with Crippen molar-refractivity contribution in [1.82, 2.24) is 14.5 Å². The van der Waals surface area contributed by atoms with Gasteiger partial charge in [0.2, 0.25) is 0 Å². The van der Waals surface area contributed by atoms with Crippen molar-refractivity contribution in [1.29, 1.82) is 5.26 Å². The Kier molecular flexibility index (Phi) is 6.66. The third-order valence-electron chi connectivity index (χ3n) is 5.91. The summed E-state index contributed by atoms with van der Waals surface area (Å²) in [6.45, 7) is 1.56. The zero-order chi connectivity index (χ0) is 23.4. The van der Waals surface area contributed by atoms with E-state index in [-0.39, 0.29) is 24.9 Å². The summed E-state index contributed by atoms with van der Waals surface area (Å²) in [6, 6.07) is 12.2. The third kappa shape index (κ3) is 4.43. The van der Waals surface area contributed by atoms with Crippen molar-refractivity contribution >= 4 is 10.9 Å². The minimum absolute atomic E-state index is 0.0237. The van der Waals surface area contributed by atoms with Gasteiger partial charge in [0.05, 0.1) is 31.7 Å². The summed E-state index contributed by atoms with van der Waals surface area (Å²) < 4.78 is 19.0. The molecular weight excluding hydrogens is 424 g/mol. The van der Waals surface area contributed by atoms with Gasteiger partial charge in [-0.3, -0.25) is 13.9 Å². The van der Waals surface area contributed by atoms with Gasteiger partial charge in [0.25, 0.3) is 5.56 Å². The molecule has 4 rings (SSSR count). The predicted molar refractivity (Wildman–Crippen MR) is 123 cm³/mol. The van der Waals surface area contributed by atoms with Crippen LogP contribution in [0.1, 0.15) is 24.4 Å². The van der Waals surface area contributed by atoms with E-state index in [1.54, 1.807) is 48.1 Å².